The van der Waals surface area contributed by atoms with Crippen molar-refractivity contribution >= 4 is 53.7 Å². The lowest BCUT2D eigenvalue weighted by molar-refractivity contribution is -0.139. The molecule has 0 spiro atoms. The van der Waals surface area contributed by atoms with Crippen molar-refractivity contribution in [2.45, 2.75) is 20.8 Å². The van der Waals surface area contributed by atoms with Gasteiger partial charge in [-0.15, -0.1) is 0 Å². The van der Waals surface area contributed by atoms with Crippen LogP contribution in [0.15, 0.2) is 29.5 Å². The predicted molar refractivity (Wildman–Crippen MR) is 111 cm³/mol. The molecule has 0 aliphatic carbocycles. The van der Waals surface area contributed by atoms with E-state index in [-0.39, 0.29) is 11.9 Å². The number of halogens is 2. The second-order valence-electron chi connectivity index (χ2n) is 5.51. The van der Waals surface area contributed by atoms with E-state index in [0.717, 1.165) is 12.0 Å². The number of thiocarbonyl (C=S) groups is 1. The summed E-state index contributed by atoms with van der Waals surface area (Å²) in [5, 5.41) is 1.24. The van der Waals surface area contributed by atoms with Crippen molar-refractivity contribution in [1.29, 1.82) is 0 Å². The SMILES string of the molecule is C=S.CCOC(=O)C1=C(N)CN(C=O)CC1C.Cc1ccc(Cl)c(Cl)c1. The van der Waals surface area contributed by atoms with Crippen LogP contribution in [0.3, 0.4) is 0 Å². The number of amides is 1. The van der Waals surface area contributed by atoms with E-state index in [0.29, 0.717) is 41.0 Å². The molecule has 26 heavy (non-hydrogen) atoms. The fraction of sp³-hybridized carbons (Fsp3) is 0.389. The van der Waals surface area contributed by atoms with E-state index in [1.165, 1.54) is 0 Å². The van der Waals surface area contributed by atoms with E-state index in [9.17, 15) is 9.59 Å². The zero-order valence-electron chi connectivity index (χ0n) is 15.1. The third-order valence-corrected chi connectivity index (χ3v) is 4.18. The lowest BCUT2D eigenvalue weighted by Gasteiger charge is -2.29. The van der Waals surface area contributed by atoms with Gasteiger partial charge in [-0.25, -0.2) is 4.79 Å². The average Bonchev–Trinajstić information content (AvgIpc) is 2.60. The fourth-order valence-electron chi connectivity index (χ4n) is 2.35. The topological polar surface area (TPSA) is 72.6 Å². The average molecular weight is 419 g/mol. The number of hydrogen-bond acceptors (Lipinski definition) is 5. The van der Waals surface area contributed by atoms with Gasteiger partial charge in [0.05, 0.1) is 28.8 Å². The molecule has 1 atom stereocenters. The van der Waals surface area contributed by atoms with Gasteiger partial charge < -0.3 is 15.4 Å². The molecule has 0 saturated carbocycles. The molecule has 1 aromatic rings. The van der Waals surface area contributed by atoms with Crippen LogP contribution >= 0.6 is 35.4 Å². The van der Waals surface area contributed by atoms with E-state index in [4.69, 9.17) is 33.7 Å². The molecule has 2 rings (SSSR count). The van der Waals surface area contributed by atoms with Gasteiger partial charge in [-0.2, -0.15) is 0 Å². The fourth-order valence-corrected chi connectivity index (χ4v) is 2.70. The lowest BCUT2D eigenvalue weighted by atomic mass is 9.95. The van der Waals surface area contributed by atoms with Crippen molar-refractivity contribution in [2.75, 3.05) is 19.7 Å². The Bertz CT molecular complexity index is 653. The van der Waals surface area contributed by atoms with Crippen LogP contribution < -0.4 is 5.73 Å². The van der Waals surface area contributed by atoms with E-state index in [1.54, 1.807) is 17.9 Å². The molecule has 0 saturated heterocycles. The summed E-state index contributed by atoms with van der Waals surface area (Å²) in [6, 6.07) is 5.55. The molecule has 0 radical (unpaired) electrons. The molecular weight excluding hydrogens is 395 g/mol. The molecular formula is C18H24Cl2N2O3S. The standard InChI is InChI=1S/C10H16N2O3.C7H6Cl2.CH2S/c1-3-15-10(14)9-7(2)4-12(6-13)5-8(9)11;1-5-2-3-6(8)7(9)4-5;1-2/h6-7H,3-5,11H2,1-2H3;2-4H,1H3;1H2. The third-order valence-electron chi connectivity index (χ3n) is 3.44. The number of ether oxygens (including phenoxy) is 1. The predicted octanol–water partition coefficient (Wildman–Crippen LogP) is 3.79. The number of aryl methyl sites for hydroxylation is 1. The van der Waals surface area contributed by atoms with Gasteiger partial charge in [0, 0.05) is 18.2 Å². The van der Waals surface area contributed by atoms with Gasteiger partial charge in [0.2, 0.25) is 6.41 Å². The first-order valence-electron chi connectivity index (χ1n) is 7.85. The molecule has 8 heteroatoms. The summed E-state index contributed by atoms with van der Waals surface area (Å²) < 4.78 is 4.91. The highest BCUT2D eigenvalue weighted by Gasteiger charge is 2.28. The minimum atomic E-state index is -0.368. The van der Waals surface area contributed by atoms with Crippen LogP contribution in [0.25, 0.3) is 0 Å². The van der Waals surface area contributed by atoms with Gasteiger partial charge in [-0.05, 0) is 37.4 Å². The molecule has 5 nitrogen and oxygen atoms in total. The van der Waals surface area contributed by atoms with E-state index in [2.05, 4.69) is 18.1 Å². The quantitative estimate of drug-likeness (QED) is 0.459. The summed E-state index contributed by atoms with van der Waals surface area (Å²) in [6.45, 7) is 6.73. The number of carbonyl (C=O) groups excluding carboxylic acids is 2. The molecule has 0 aromatic heterocycles. The lowest BCUT2D eigenvalue weighted by Crippen LogP contribution is -2.40. The summed E-state index contributed by atoms with van der Waals surface area (Å²) in [4.78, 5) is 23.7. The zero-order valence-corrected chi connectivity index (χ0v) is 17.5. The Morgan fingerprint density at radius 2 is 2.04 bits per heavy atom. The molecule has 1 aliphatic heterocycles. The Morgan fingerprint density at radius 1 is 1.42 bits per heavy atom. The van der Waals surface area contributed by atoms with E-state index < -0.39 is 0 Å². The largest absolute Gasteiger partial charge is 0.463 e. The summed E-state index contributed by atoms with van der Waals surface area (Å²) in [5.74, 6) is 2.40. The van der Waals surface area contributed by atoms with Gasteiger partial charge in [0.25, 0.3) is 0 Å². The Balaban J connectivity index is 0.000000484. The molecule has 144 valence electrons. The molecule has 1 amide bonds. The first-order valence-corrected chi connectivity index (χ1v) is 9.18. The van der Waals surface area contributed by atoms with Crippen LogP contribution in [0.4, 0.5) is 0 Å². The number of rotatable bonds is 3. The highest BCUT2D eigenvalue weighted by molar-refractivity contribution is 7.77. The van der Waals surface area contributed by atoms with Crippen molar-refractivity contribution in [2.24, 2.45) is 11.7 Å². The number of nitrogens with two attached hydrogens (primary N) is 1. The molecule has 0 bridgehead atoms. The Hall–Kier alpha value is -1.63. The van der Waals surface area contributed by atoms with Crippen molar-refractivity contribution in [1.82, 2.24) is 4.90 Å². The second kappa shape index (κ2) is 12.7. The van der Waals surface area contributed by atoms with Crippen LogP contribution in [-0.2, 0) is 14.3 Å². The van der Waals surface area contributed by atoms with Gasteiger partial charge in [0.15, 0.2) is 0 Å². The van der Waals surface area contributed by atoms with Gasteiger partial charge in [-0.3, -0.25) is 4.79 Å². The first kappa shape index (κ1) is 24.4. The maximum absolute atomic E-state index is 11.5. The number of esters is 1. The number of hydrogen-bond donors (Lipinski definition) is 1. The highest BCUT2D eigenvalue weighted by atomic mass is 35.5. The summed E-state index contributed by atoms with van der Waals surface area (Å²) in [7, 11) is 0. The van der Waals surface area contributed by atoms with E-state index >= 15 is 0 Å². The summed E-state index contributed by atoms with van der Waals surface area (Å²) >= 11 is 15.2. The molecule has 1 aliphatic rings. The number of nitrogens with zero attached hydrogens (tertiary/aromatic N) is 1. The Labute approximate surface area is 170 Å². The minimum absolute atomic E-state index is 0.0667. The van der Waals surface area contributed by atoms with Crippen molar-refractivity contribution in [3.63, 3.8) is 0 Å². The van der Waals surface area contributed by atoms with Crippen LogP contribution in [0.1, 0.15) is 19.4 Å². The van der Waals surface area contributed by atoms with Crippen molar-refractivity contribution in [3.8, 4) is 0 Å². The van der Waals surface area contributed by atoms with Crippen molar-refractivity contribution < 1.29 is 14.3 Å². The maximum Gasteiger partial charge on any atom is 0.336 e. The van der Waals surface area contributed by atoms with E-state index in [1.807, 2.05) is 26.0 Å². The molecule has 1 aromatic carbocycles. The summed E-state index contributed by atoms with van der Waals surface area (Å²) in [6.07, 6.45) is 0.741. The number of benzene rings is 1. The van der Waals surface area contributed by atoms with Crippen LogP contribution in [0, 0.1) is 12.8 Å². The second-order valence-corrected chi connectivity index (χ2v) is 6.33. The molecule has 2 N–H and O–H groups in total. The van der Waals surface area contributed by atoms with Crippen LogP contribution in [0.5, 0.6) is 0 Å². The Morgan fingerprint density at radius 3 is 2.46 bits per heavy atom. The summed E-state index contributed by atoms with van der Waals surface area (Å²) in [5.41, 5.74) is 7.81. The maximum atomic E-state index is 11.5. The number of carbonyl (C=O) groups is 2. The smallest absolute Gasteiger partial charge is 0.336 e. The van der Waals surface area contributed by atoms with Gasteiger partial charge in [-0.1, -0.05) is 48.4 Å². The highest BCUT2D eigenvalue weighted by Crippen LogP contribution is 2.22. The Kier molecular flexibility index (Phi) is 11.9. The van der Waals surface area contributed by atoms with Crippen molar-refractivity contribution in [3.05, 3.63) is 45.1 Å². The molecule has 0 fully saturated rings. The monoisotopic (exact) mass is 418 g/mol. The minimum Gasteiger partial charge on any atom is -0.463 e. The molecule has 1 unspecified atom stereocenters. The van der Waals surface area contributed by atoms with Crippen LogP contribution in [0.2, 0.25) is 10.0 Å². The zero-order chi connectivity index (χ0) is 20.3. The van der Waals surface area contributed by atoms with Gasteiger partial charge >= 0.3 is 5.97 Å². The van der Waals surface area contributed by atoms with Crippen LogP contribution in [-0.4, -0.2) is 42.8 Å². The first-order chi connectivity index (χ1) is 12.3. The van der Waals surface area contributed by atoms with Gasteiger partial charge in [0.1, 0.15) is 0 Å². The third kappa shape index (κ3) is 7.72. The normalized spacial score (nSPS) is 15.9. The molecule has 1 heterocycles.